The Kier molecular flexibility index (Phi) is 5.09. The van der Waals surface area contributed by atoms with E-state index in [-0.39, 0.29) is 29.8 Å². The maximum Gasteiger partial charge on any atom is 0.271 e. The third kappa shape index (κ3) is 4.47. The fourth-order valence-electron chi connectivity index (χ4n) is 2.60. The van der Waals surface area contributed by atoms with Crippen molar-refractivity contribution in [3.05, 3.63) is 59.1 Å². The Morgan fingerprint density at radius 2 is 1.90 bits per heavy atom. The van der Waals surface area contributed by atoms with Crippen molar-refractivity contribution in [1.29, 1.82) is 0 Å². The third-order valence-electron chi connectivity index (χ3n) is 4.07. The molecule has 0 bridgehead atoms. The standard InChI is InChI=1S/C18H16N4O5S2/c19-29(24,25)13-4-1-11(2-5-13)8-20-17(23)14-9-28-18(22-14)21-12-3-6-15-16(7-12)27-10-26-15/h1-7,9H,8,10H2,(H,20,23)(H,21,22)(H2,19,24,25). The van der Waals surface area contributed by atoms with E-state index in [9.17, 15) is 13.2 Å². The molecule has 0 atom stereocenters. The minimum atomic E-state index is -3.74. The third-order valence-corrected chi connectivity index (χ3v) is 5.75. The van der Waals surface area contributed by atoms with Gasteiger partial charge in [-0.15, -0.1) is 11.3 Å². The topological polar surface area (TPSA) is 133 Å². The fourth-order valence-corrected chi connectivity index (χ4v) is 3.83. The average Bonchev–Trinajstić information content (AvgIpc) is 3.35. The zero-order valence-corrected chi connectivity index (χ0v) is 16.5. The van der Waals surface area contributed by atoms with E-state index in [2.05, 4.69) is 15.6 Å². The molecule has 29 heavy (non-hydrogen) atoms. The van der Waals surface area contributed by atoms with Crippen LogP contribution in [0, 0.1) is 0 Å². The molecule has 0 radical (unpaired) electrons. The van der Waals surface area contributed by atoms with E-state index >= 15 is 0 Å². The van der Waals surface area contributed by atoms with E-state index in [1.807, 2.05) is 6.07 Å². The molecule has 9 nitrogen and oxygen atoms in total. The van der Waals surface area contributed by atoms with Crippen molar-refractivity contribution in [2.75, 3.05) is 12.1 Å². The number of nitrogens with zero attached hydrogens (tertiary/aromatic N) is 1. The van der Waals surface area contributed by atoms with Crippen molar-refractivity contribution in [3.8, 4) is 11.5 Å². The van der Waals surface area contributed by atoms with E-state index in [4.69, 9.17) is 14.6 Å². The van der Waals surface area contributed by atoms with Gasteiger partial charge in [-0.2, -0.15) is 0 Å². The van der Waals surface area contributed by atoms with Gasteiger partial charge in [0.1, 0.15) is 5.69 Å². The number of primary sulfonamides is 1. The smallest absolute Gasteiger partial charge is 0.271 e. The molecule has 1 amide bonds. The SMILES string of the molecule is NS(=O)(=O)c1ccc(CNC(=O)c2csc(Nc3ccc4c(c3)OCO4)n2)cc1. The summed E-state index contributed by atoms with van der Waals surface area (Å²) >= 11 is 1.30. The number of amides is 1. The van der Waals surface area contributed by atoms with E-state index in [0.717, 1.165) is 11.3 Å². The van der Waals surface area contributed by atoms with E-state index in [0.29, 0.717) is 16.6 Å². The number of nitrogens with one attached hydrogen (secondary N) is 2. The molecule has 3 aromatic rings. The number of carbonyl (C=O) groups excluding carboxylic acids is 1. The molecule has 150 valence electrons. The molecule has 2 aromatic carbocycles. The van der Waals surface area contributed by atoms with Crippen LogP contribution in [0.2, 0.25) is 0 Å². The highest BCUT2D eigenvalue weighted by Crippen LogP contribution is 2.35. The summed E-state index contributed by atoms with van der Waals surface area (Å²) in [5, 5.41) is 13.1. The van der Waals surface area contributed by atoms with E-state index in [1.54, 1.807) is 29.6 Å². The number of nitrogens with two attached hydrogens (primary N) is 1. The molecule has 0 spiro atoms. The van der Waals surface area contributed by atoms with Crippen LogP contribution in [0.1, 0.15) is 16.1 Å². The Morgan fingerprint density at radius 3 is 2.66 bits per heavy atom. The maximum atomic E-state index is 12.3. The maximum absolute atomic E-state index is 12.3. The summed E-state index contributed by atoms with van der Waals surface area (Å²) < 4.78 is 33.1. The number of carbonyl (C=O) groups is 1. The first-order chi connectivity index (χ1) is 13.9. The Bertz CT molecular complexity index is 1160. The van der Waals surface area contributed by atoms with Crippen molar-refractivity contribution in [2.24, 2.45) is 5.14 Å². The lowest BCUT2D eigenvalue weighted by atomic mass is 10.2. The van der Waals surface area contributed by atoms with Crippen LogP contribution in [-0.2, 0) is 16.6 Å². The zero-order valence-electron chi connectivity index (χ0n) is 14.9. The predicted molar refractivity (Wildman–Crippen MR) is 107 cm³/mol. The number of sulfonamides is 1. The number of ether oxygens (including phenoxy) is 2. The summed E-state index contributed by atoms with van der Waals surface area (Å²) in [6.45, 7) is 0.428. The van der Waals surface area contributed by atoms with Gasteiger partial charge in [0.05, 0.1) is 4.90 Å². The Balaban J connectivity index is 1.36. The summed E-state index contributed by atoms with van der Waals surface area (Å²) in [7, 11) is -3.74. The Hall–Kier alpha value is -3.15. The number of hydrogen-bond acceptors (Lipinski definition) is 8. The van der Waals surface area contributed by atoms with Crippen molar-refractivity contribution < 1.29 is 22.7 Å². The van der Waals surface area contributed by atoms with Crippen LogP contribution in [-0.4, -0.2) is 26.1 Å². The molecule has 11 heteroatoms. The van der Waals surface area contributed by atoms with E-state index in [1.165, 1.54) is 23.5 Å². The molecule has 1 aliphatic heterocycles. The molecule has 1 aromatic heterocycles. The second kappa shape index (κ2) is 7.70. The van der Waals surface area contributed by atoms with Gasteiger partial charge >= 0.3 is 0 Å². The van der Waals surface area contributed by atoms with E-state index < -0.39 is 10.0 Å². The number of rotatable bonds is 6. The minimum absolute atomic E-state index is 0.0197. The molecular weight excluding hydrogens is 416 g/mol. The summed E-state index contributed by atoms with van der Waals surface area (Å²) in [5.41, 5.74) is 1.78. The van der Waals surface area contributed by atoms with Crippen molar-refractivity contribution in [3.63, 3.8) is 0 Å². The van der Waals surface area contributed by atoms with Crippen molar-refractivity contribution >= 4 is 38.1 Å². The first kappa shape index (κ1) is 19.2. The highest BCUT2D eigenvalue weighted by atomic mass is 32.2. The Labute approximate surface area is 170 Å². The van der Waals surface area contributed by atoms with Crippen LogP contribution in [0.3, 0.4) is 0 Å². The van der Waals surface area contributed by atoms with Gasteiger partial charge in [-0.3, -0.25) is 4.79 Å². The first-order valence-electron chi connectivity index (χ1n) is 8.41. The highest BCUT2D eigenvalue weighted by molar-refractivity contribution is 7.89. The van der Waals surface area contributed by atoms with Gasteiger partial charge in [-0.1, -0.05) is 12.1 Å². The molecule has 0 saturated heterocycles. The van der Waals surface area contributed by atoms with Crippen LogP contribution < -0.4 is 25.2 Å². The van der Waals surface area contributed by atoms with Crippen molar-refractivity contribution in [1.82, 2.24) is 10.3 Å². The van der Waals surface area contributed by atoms with Gasteiger partial charge in [0.25, 0.3) is 5.91 Å². The van der Waals surface area contributed by atoms with Crippen LogP contribution in [0.25, 0.3) is 0 Å². The second-order valence-corrected chi connectivity index (χ2v) is 8.52. The van der Waals surface area contributed by atoms with Crippen LogP contribution >= 0.6 is 11.3 Å². The van der Waals surface area contributed by atoms with Crippen LogP contribution in [0.5, 0.6) is 11.5 Å². The van der Waals surface area contributed by atoms with Gasteiger partial charge in [0.15, 0.2) is 16.6 Å². The fraction of sp³-hybridized carbons (Fsp3) is 0.111. The summed E-state index contributed by atoms with van der Waals surface area (Å²) in [4.78, 5) is 16.6. The van der Waals surface area contributed by atoms with Crippen LogP contribution in [0.15, 0.2) is 52.7 Å². The zero-order chi connectivity index (χ0) is 20.4. The summed E-state index contributed by atoms with van der Waals surface area (Å²) in [5.74, 6) is 1.00. The number of aromatic nitrogens is 1. The molecule has 0 fully saturated rings. The first-order valence-corrected chi connectivity index (χ1v) is 10.8. The lowest BCUT2D eigenvalue weighted by Crippen LogP contribution is -2.23. The summed E-state index contributed by atoms with van der Waals surface area (Å²) in [6, 6.07) is 11.4. The molecular formula is C18H16N4O5S2. The Morgan fingerprint density at radius 1 is 1.14 bits per heavy atom. The van der Waals surface area contributed by atoms with Gasteiger partial charge < -0.3 is 20.1 Å². The summed E-state index contributed by atoms with van der Waals surface area (Å²) in [6.07, 6.45) is 0. The quantitative estimate of drug-likeness (QED) is 0.544. The van der Waals surface area contributed by atoms with Gasteiger partial charge in [-0.05, 0) is 29.8 Å². The van der Waals surface area contributed by atoms with Gasteiger partial charge in [0, 0.05) is 23.7 Å². The molecule has 0 unspecified atom stereocenters. The lowest BCUT2D eigenvalue weighted by Gasteiger charge is -2.05. The molecule has 0 aliphatic carbocycles. The minimum Gasteiger partial charge on any atom is -0.454 e. The lowest BCUT2D eigenvalue weighted by molar-refractivity contribution is 0.0946. The molecule has 1 aliphatic rings. The molecule has 0 saturated carbocycles. The highest BCUT2D eigenvalue weighted by Gasteiger charge is 2.15. The van der Waals surface area contributed by atoms with Crippen molar-refractivity contribution in [2.45, 2.75) is 11.4 Å². The van der Waals surface area contributed by atoms with Gasteiger partial charge in [-0.25, -0.2) is 18.5 Å². The number of fused-ring (bicyclic) bond motifs is 1. The van der Waals surface area contributed by atoms with Gasteiger partial charge in [0.2, 0.25) is 16.8 Å². The average molecular weight is 432 g/mol. The second-order valence-electron chi connectivity index (χ2n) is 6.10. The number of hydrogen-bond donors (Lipinski definition) is 3. The molecule has 2 heterocycles. The molecule has 4 N–H and O–H groups in total. The van der Waals surface area contributed by atoms with Crippen LogP contribution in [0.4, 0.5) is 10.8 Å². The number of benzene rings is 2. The molecule has 4 rings (SSSR count). The normalized spacial score (nSPS) is 12.6. The predicted octanol–water partition coefficient (Wildman–Crippen LogP) is 2.19. The number of thiazole rings is 1. The number of anilines is 2. The monoisotopic (exact) mass is 432 g/mol. The largest absolute Gasteiger partial charge is 0.454 e.